The molecule has 112 valence electrons. The number of hydrogen-bond acceptors (Lipinski definition) is 5. The highest BCUT2D eigenvalue weighted by Gasteiger charge is 2.44. The number of hydrogen-bond donors (Lipinski definition) is 2. The Morgan fingerprint density at radius 1 is 1.40 bits per heavy atom. The molecule has 1 heterocycles. The van der Waals surface area contributed by atoms with Gasteiger partial charge >= 0.3 is 5.97 Å². The van der Waals surface area contributed by atoms with Crippen molar-refractivity contribution >= 4 is 11.9 Å². The summed E-state index contributed by atoms with van der Waals surface area (Å²) in [6, 6.07) is 1.46. The van der Waals surface area contributed by atoms with E-state index in [9.17, 15) is 14.7 Å². The van der Waals surface area contributed by atoms with Crippen LogP contribution in [0.5, 0.6) is 0 Å². The highest BCUT2D eigenvalue weighted by Crippen LogP contribution is 2.30. The predicted molar refractivity (Wildman–Crippen MR) is 70.2 cm³/mol. The summed E-state index contributed by atoms with van der Waals surface area (Å²) >= 11 is 0. The average Bonchev–Trinajstić information content (AvgIpc) is 2.77. The smallest absolute Gasteiger partial charge is 0.311 e. The number of carbonyl (C=O) groups is 2. The molecule has 1 amide bonds. The first-order valence-electron chi connectivity index (χ1n) is 6.12. The fraction of sp³-hybridized carbons (Fsp3) is 0.615. The van der Waals surface area contributed by atoms with Gasteiger partial charge in [-0.05, 0) is 27.7 Å². The lowest BCUT2D eigenvalue weighted by atomic mass is 9.74. The molecule has 0 aliphatic rings. The first-order chi connectivity index (χ1) is 9.11. The summed E-state index contributed by atoms with van der Waals surface area (Å²) in [6.45, 7) is 6.61. The molecule has 0 aliphatic heterocycles. The molecule has 7 heteroatoms. The van der Waals surface area contributed by atoms with Crippen LogP contribution in [0.1, 0.15) is 43.9 Å². The van der Waals surface area contributed by atoms with Crippen molar-refractivity contribution in [3.63, 3.8) is 0 Å². The lowest BCUT2D eigenvalue weighted by Gasteiger charge is -2.38. The molecule has 0 saturated heterocycles. The second kappa shape index (κ2) is 5.62. The van der Waals surface area contributed by atoms with E-state index in [0.29, 0.717) is 5.76 Å². The SMILES string of the molecule is COCc1cc(C(=O)NC(C)(C)C(C)(C)C(=O)O)no1. The molecule has 0 aromatic carbocycles. The van der Waals surface area contributed by atoms with Crippen molar-refractivity contribution in [2.75, 3.05) is 7.11 Å². The summed E-state index contributed by atoms with van der Waals surface area (Å²) < 4.78 is 9.79. The molecule has 0 bridgehead atoms. The van der Waals surface area contributed by atoms with Crippen LogP contribution >= 0.6 is 0 Å². The van der Waals surface area contributed by atoms with Crippen LogP contribution in [0.15, 0.2) is 10.6 Å². The van der Waals surface area contributed by atoms with Crippen molar-refractivity contribution in [3.8, 4) is 0 Å². The van der Waals surface area contributed by atoms with Gasteiger partial charge in [-0.2, -0.15) is 0 Å². The van der Waals surface area contributed by atoms with E-state index in [1.165, 1.54) is 13.2 Å². The molecule has 7 nitrogen and oxygen atoms in total. The number of carboxylic acids is 1. The van der Waals surface area contributed by atoms with E-state index in [1.54, 1.807) is 27.7 Å². The van der Waals surface area contributed by atoms with Gasteiger partial charge in [0.25, 0.3) is 5.91 Å². The number of ether oxygens (including phenoxy) is 1. The Balaban J connectivity index is 2.86. The monoisotopic (exact) mass is 284 g/mol. The lowest BCUT2D eigenvalue weighted by molar-refractivity contribution is -0.150. The number of aromatic nitrogens is 1. The number of carbonyl (C=O) groups excluding carboxylic acids is 1. The van der Waals surface area contributed by atoms with E-state index in [4.69, 9.17) is 9.26 Å². The van der Waals surface area contributed by atoms with Crippen molar-refractivity contribution in [1.82, 2.24) is 10.5 Å². The van der Waals surface area contributed by atoms with Crippen molar-refractivity contribution in [2.45, 2.75) is 39.8 Å². The second-order valence-corrected chi connectivity index (χ2v) is 5.62. The Bertz CT molecular complexity index is 505. The van der Waals surface area contributed by atoms with Crippen LogP contribution in [0.4, 0.5) is 0 Å². The summed E-state index contributed by atoms with van der Waals surface area (Å²) in [5.41, 5.74) is -2.01. The second-order valence-electron chi connectivity index (χ2n) is 5.62. The zero-order chi connectivity index (χ0) is 15.6. The Morgan fingerprint density at radius 2 is 2.00 bits per heavy atom. The number of nitrogens with one attached hydrogen (secondary N) is 1. The van der Waals surface area contributed by atoms with Crippen molar-refractivity contribution in [1.29, 1.82) is 0 Å². The van der Waals surface area contributed by atoms with Gasteiger partial charge in [0.1, 0.15) is 6.61 Å². The van der Waals surface area contributed by atoms with Crippen LogP contribution in [-0.2, 0) is 16.1 Å². The minimum absolute atomic E-state index is 0.0892. The molecule has 0 spiro atoms. The molecule has 1 aromatic heterocycles. The first-order valence-corrected chi connectivity index (χ1v) is 6.12. The third kappa shape index (κ3) is 3.16. The van der Waals surface area contributed by atoms with Gasteiger partial charge < -0.3 is 19.7 Å². The fourth-order valence-corrected chi connectivity index (χ4v) is 1.40. The van der Waals surface area contributed by atoms with Gasteiger partial charge in [0.05, 0.1) is 11.0 Å². The van der Waals surface area contributed by atoms with E-state index >= 15 is 0 Å². The maximum absolute atomic E-state index is 12.1. The first kappa shape index (κ1) is 16.2. The number of carboxylic acid groups (broad SMARTS) is 1. The highest BCUT2D eigenvalue weighted by atomic mass is 16.5. The normalized spacial score (nSPS) is 12.2. The topological polar surface area (TPSA) is 102 Å². The summed E-state index contributed by atoms with van der Waals surface area (Å²) in [5.74, 6) is -1.06. The summed E-state index contributed by atoms with van der Waals surface area (Å²) in [4.78, 5) is 23.4. The number of amides is 1. The molecule has 20 heavy (non-hydrogen) atoms. The Morgan fingerprint density at radius 3 is 2.50 bits per heavy atom. The van der Waals surface area contributed by atoms with Crippen LogP contribution in [-0.4, -0.2) is 34.8 Å². The van der Waals surface area contributed by atoms with Gasteiger partial charge in [0.2, 0.25) is 0 Å². The van der Waals surface area contributed by atoms with Crippen LogP contribution in [0, 0.1) is 5.41 Å². The molecule has 0 aliphatic carbocycles. The van der Waals surface area contributed by atoms with Gasteiger partial charge in [-0.3, -0.25) is 9.59 Å². The quantitative estimate of drug-likeness (QED) is 0.819. The van der Waals surface area contributed by atoms with E-state index in [0.717, 1.165) is 0 Å². The molecule has 1 rings (SSSR count). The van der Waals surface area contributed by atoms with Crippen LogP contribution < -0.4 is 5.32 Å². The third-order valence-electron chi connectivity index (χ3n) is 3.60. The maximum atomic E-state index is 12.1. The van der Waals surface area contributed by atoms with Crippen molar-refractivity contribution in [2.24, 2.45) is 5.41 Å². The summed E-state index contributed by atoms with van der Waals surface area (Å²) in [6.07, 6.45) is 0. The van der Waals surface area contributed by atoms with Gasteiger partial charge in [0.15, 0.2) is 11.5 Å². The molecule has 1 aromatic rings. The average molecular weight is 284 g/mol. The molecule has 0 fully saturated rings. The number of methoxy groups -OCH3 is 1. The molecule has 2 N–H and O–H groups in total. The van der Waals surface area contributed by atoms with Crippen LogP contribution in [0.3, 0.4) is 0 Å². The summed E-state index contributed by atoms with van der Waals surface area (Å²) in [5, 5.41) is 15.5. The standard InChI is InChI=1S/C13H20N2O5/c1-12(2,11(17)18)13(3,4)14-10(16)9-6-8(7-19-5)20-15-9/h6H,7H2,1-5H3,(H,14,16)(H,17,18). The maximum Gasteiger partial charge on any atom is 0.311 e. The zero-order valence-corrected chi connectivity index (χ0v) is 12.3. The molecule has 0 unspecified atom stereocenters. The lowest BCUT2D eigenvalue weighted by Crippen LogP contribution is -2.57. The Hall–Kier alpha value is -1.89. The van der Waals surface area contributed by atoms with Crippen LogP contribution in [0.2, 0.25) is 0 Å². The Kier molecular flexibility index (Phi) is 4.54. The highest BCUT2D eigenvalue weighted by molar-refractivity contribution is 5.93. The van der Waals surface area contributed by atoms with E-state index in [1.807, 2.05) is 0 Å². The van der Waals surface area contributed by atoms with Crippen molar-refractivity contribution < 1.29 is 24.0 Å². The fourth-order valence-electron chi connectivity index (χ4n) is 1.40. The van der Waals surface area contributed by atoms with Gasteiger partial charge in [-0.1, -0.05) is 5.16 Å². The summed E-state index contributed by atoms with van der Waals surface area (Å²) in [7, 11) is 1.50. The molecular weight excluding hydrogens is 264 g/mol. The van der Waals surface area contributed by atoms with Gasteiger partial charge in [-0.25, -0.2) is 0 Å². The van der Waals surface area contributed by atoms with Crippen molar-refractivity contribution in [3.05, 3.63) is 17.5 Å². The molecule has 0 radical (unpaired) electrons. The van der Waals surface area contributed by atoms with Gasteiger partial charge in [0, 0.05) is 13.2 Å². The minimum Gasteiger partial charge on any atom is -0.481 e. The van der Waals surface area contributed by atoms with Gasteiger partial charge in [-0.15, -0.1) is 0 Å². The number of rotatable bonds is 6. The predicted octanol–water partition coefficient (Wildman–Crippen LogP) is 1.44. The largest absolute Gasteiger partial charge is 0.481 e. The Labute approximate surface area is 117 Å². The zero-order valence-electron chi connectivity index (χ0n) is 12.3. The third-order valence-corrected chi connectivity index (χ3v) is 3.60. The van der Waals surface area contributed by atoms with E-state index in [2.05, 4.69) is 10.5 Å². The minimum atomic E-state index is -1.14. The van der Waals surface area contributed by atoms with Crippen LogP contribution in [0.25, 0.3) is 0 Å². The molecule has 0 atom stereocenters. The molecular formula is C13H20N2O5. The number of nitrogens with zero attached hydrogens (tertiary/aromatic N) is 1. The number of aliphatic carboxylic acids is 1. The molecule has 0 saturated carbocycles. The van der Waals surface area contributed by atoms with E-state index < -0.39 is 22.8 Å². The van der Waals surface area contributed by atoms with E-state index in [-0.39, 0.29) is 12.3 Å².